The minimum atomic E-state index is 0.616. The predicted molar refractivity (Wildman–Crippen MR) is 37.5 cm³/mol. The molecule has 1 saturated heterocycles. The maximum atomic E-state index is 5.01. The second-order valence-electron chi connectivity index (χ2n) is 2.80. The lowest BCUT2D eigenvalue weighted by molar-refractivity contribution is 0.172. The first-order chi connectivity index (χ1) is 4.33. The summed E-state index contributed by atoms with van der Waals surface area (Å²) in [5.74, 6) is 0. The normalized spacial score (nSPS) is 35.3. The largest absolute Gasteiger partial charge is 0.383 e. The van der Waals surface area contributed by atoms with E-state index < -0.39 is 0 Å². The lowest BCUT2D eigenvalue weighted by Crippen LogP contribution is -2.30. The molecular formula is C7H15NO. The van der Waals surface area contributed by atoms with Crippen molar-refractivity contribution in [3.05, 3.63) is 0 Å². The Labute approximate surface area is 56.6 Å². The summed E-state index contributed by atoms with van der Waals surface area (Å²) in [4.78, 5) is 0. The van der Waals surface area contributed by atoms with Crippen LogP contribution >= 0.6 is 0 Å². The van der Waals surface area contributed by atoms with Crippen LogP contribution in [-0.4, -0.2) is 25.8 Å². The van der Waals surface area contributed by atoms with E-state index in [9.17, 15) is 0 Å². The van der Waals surface area contributed by atoms with Gasteiger partial charge in [-0.05, 0) is 19.8 Å². The Bertz CT molecular complexity index is 83.0. The summed E-state index contributed by atoms with van der Waals surface area (Å²) in [6.07, 6.45) is 2.57. The van der Waals surface area contributed by atoms with Gasteiger partial charge in [-0.15, -0.1) is 0 Å². The monoisotopic (exact) mass is 129 g/mol. The van der Waals surface area contributed by atoms with E-state index in [1.165, 1.54) is 12.8 Å². The molecule has 0 bridgehead atoms. The fourth-order valence-corrected chi connectivity index (χ4v) is 1.35. The molecule has 2 unspecified atom stereocenters. The molecular weight excluding hydrogens is 114 g/mol. The van der Waals surface area contributed by atoms with Crippen molar-refractivity contribution in [2.24, 2.45) is 0 Å². The molecule has 0 saturated carbocycles. The highest BCUT2D eigenvalue weighted by Crippen LogP contribution is 2.10. The van der Waals surface area contributed by atoms with Crippen LogP contribution in [-0.2, 0) is 4.74 Å². The maximum absolute atomic E-state index is 5.01. The summed E-state index contributed by atoms with van der Waals surface area (Å²) >= 11 is 0. The second-order valence-corrected chi connectivity index (χ2v) is 2.80. The molecule has 54 valence electrons. The molecule has 2 atom stereocenters. The van der Waals surface area contributed by atoms with Crippen LogP contribution < -0.4 is 5.32 Å². The second kappa shape index (κ2) is 3.18. The van der Waals surface area contributed by atoms with Gasteiger partial charge in [-0.2, -0.15) is 0 Å². The summed E-state index contributed by atoms with van der Waals surface area (Å²) < 4.78 is 5.01. The average molecular weight is 129 g/mol. The Morgan fingerprint density at radius 1 is 1.56 bits per heavy atom. The Hall–Kier alpha value is -0.0800. The number of hydrogen-bond acceptors (Lipinski definition) is 2. The van der Waals surface area contributed by atoms with Crippen molar-refractivity contribution in [3.8, 4) is 0 Å². The highest BCUT2D eigenvalue weighted by Gasteiger charge is 2.18. The molecule has 0 aromatic heterocycles. The number of ether oxygens (including phenoxy) is 1. The topological polar surface area (TPSA) is 21.3 Å². The average Bonchev–Trinajstić information content (AvgIpc) is 2.17. The summed E-state index contributed by atoms with van der Waals surface area (Å²) in [5.41, 5.74) is 0. The standard InChI is InChI=1S/C7H15NO/c1-6-3-4-7(8-6)5-9-2/h6-8H,3-5H2,1-2H3. The Balaban J connectivity index is 2.14. The van der Waals surface area contributed by atoms with Crippen LogP contribution in [0.1, 0.15) is 19.8 Å². The molecule has 2 nitrogen and oxygen atoms in total. The molecule has 1 N–H and O–H groups in total. The van der Waals surface area contributed by atoms with E-state index in [1.54, 1.807) is 7.11 Å². The number of nitrogens with one attached hydrogen (secondary N) is 1. The van der Waals surface area contributed by atoms with E-state index in [0.717, 1.165) is 6.61 Å². The third-order valence-corrected chi connectivity index (χ3v) is 1.84. The minimum Gasteiger partial charge on any atom is -0.383 e. The molecule has 0 amide bonds. The van der Waals surface area contributed by atoms with Gasteiger partial charge in [0.2, 0.25) is 0 Å². The molecule has 1 rings (SSSR count). The van der Waals surface area contributed by atoms with Crippen molar-refractivity contribution in [1.29, 1.82) is 0 Å². The quantitative estimate of drug-likeness (QED) is 0.594. The van der Waals surface area contributed by atoms with E-state index in [4.69, 9.17) is 4.74 Å². The first kappa shape index (κ1) is 7.03. The fraction of sp³-hybridized carbons (Fsp3) is 1.00. The molecule has 1 aliphatic heterocycles. The van der Waals surface area contributed by atoms with Crippen LogP contribution in [0.3, 0.4) is 0 Å². The first-order valence-corrected chi connectivity index (χ1v) is 3.58. The smallest absolute Gasteiger partial charge is 0.0615 e. The number of rotatable bonds is 2. The summed E-state index contributed by atoms with van der Waals surface area (Å²) in [6, 6.07) is 1.31. The van der Waals surface area contributed by atoms with Gasteiger partial charge in [0, 0.05) is 19.2 Å². The van der Waals surface area contributed by atoms with Gasteiger partial charge in [0.05, 0.1) is 6.61 Å². The SMILES string of the molecule is COCC1CCC(C)N1. The summed E-state index contributed by atoms with van der Waals surface area (Å²) in [7, 11) is 1.75. The van der Waals surface area contributed by atoms with Crippen LogP contribution in [0.4, 0.5) is 0 Å². The van der Waals surface area contributed by atoms with E-state index in [2.05, 4.69) is 12.2 Å². The van der Waals surface area contributed by atoms with Crippen molar-refractivity contribution in [1.82, 2.24) is 5.32 Å². The summed E-state index contributed by atoms with van der Waals surface area (Å²) in [6.45, 7) is 3.08. The van der Waals surface area contributed by atoms with Crippen LogP contribution in [0.15, 0.2) is 0 Å². The highest BCUT2D eigenvalue weighted by atomic mass is 16.5. The van der Waals surface area contributed by atoms with Crippen LogP contribution in [0, 0.1) is 0 Å². The Morgan fingerprint density at radius 3 is 2.78 bits per heavy atom. The van der Waals surface area contributed by atoms with Crippen molar-refractivity contribution in [2.45, 2.75) is 31.8 Å². The third kappa shape index (κ3) is 1.95. The van der Waals surface area contributed by atoms with Crippen LogP contribution in [0.5, 0.6) is 0 Å². The number of methoxy groups -OCH3 is 1. The van der Waals surface area contributed by atoms with Gasteiger partial charge >= 0.3 is 0 Å². The van der Waals surface area contributed by atoms with Gasteiger partial charge in [0.15, 0.2) is 0 Å². The molecule has 0 aliphatic carbocycles. The highest BCUT2D eigenvalue weighted by molar-refractivity contribution is 4.79. The Morgan fingerprint density at radius 2 is 2.33 bits per heavy atom. The summed E-state index contributed by atoms with van der Waals surface area (Å²) in [5, 5.41) is 3.43. The van der Waals surface area contributed by atoms with Crippen LogP contribution in [0.2, 0.25) is 0 Å². The zero-order chi connectivity index (χ0) is 6.69. The van der Waals surface area contributed by atoms with Gasteiger partial charge in [-0.3, -0.25) is 0 Å². The van der Waals surface area contributed by atoms with E-state index >= 15 is 0 Å². The first-order valence-electron chi connectivity index (χ1n) is 3.58. The zero-order valence-electron chi connectivity index (χ0n) is 6.18. The van der Waals surface area contributed by atoms with Crippen LogP contribution in [0.25, 0.3) is 0 Å². The van der Waals surface area contributed by atoms with Gasteiger partial charge in [-0.25, -0.2) is 0 Å². The lowest BCUT2D eigenvalue weighted by Gasteiger charge is -2.08. The zero-order valence-corrected chi connectivity index (χ0v) is 6.18. The van der Waals surface area contributed by atoms with E-state index in [1.807, 2.05) is 0 Å². The molecule has 1 aliphatic rings. The van der Waals surface area contributed by atoms with Gasteiger partial charge in [0.1, 0.15) is 0 Å². The van der Waals surface area contributed by atoms with Gasteiger partial charge in [-0.1, -0.05) is 0 Å². The Kier molecular flexibility index (Phi) is 2.49. The lowest BCUT2D eigenvalue weighted by atomic mass is 10.2. The van der Waals surface area contributed by atoms with Gasteiger partial charge in [0.25, 0.3) is 0 Å². The van der Waals surface area contributed by atoms with Crippen molar-refractivity contribution >= 4 is 0 Å². The molecule has 2 heteroatoms. The molecule has 1 heterocycles. The predicted octanol–water partition coefficient (Wildman–Crippen LogP) is 0.773. The van der Waals surface area contributed by atoms with Crippen molar-refractivity contribution in [3.63, 3.8) is 0 Å². The number of hydrogen-bond donors (Lipinski definition) is 1. The van der Waals surface area contributed by atoms with E-state index in [0.29, 0.717) is 12.1 Å². The molecule has 0 aromatic carbocycles. The van der Waals surface area contributed by atoms with Crippen molar-refractivity contribution < 1.29 is 4.74 Å². The van der Waals surface area contributed by atoms with Gasteiger partial charge < -0.3 is 10.1 Å². The molecule has 9 heavy (non-hydrogen) atoms. The van der Waals surface area contributed by atoms with Crippen molar-refractivity contribution in [2.75, 3.05) is 13.7 Å². The fourth-order valence-electron chi connectivity index (χ4n) is 1.35. The van der Waals surface area contributed by atoms with E-state index in [-0.39, 0.29) is 0 Å². The molecule has 1 fully saturated rings. The molecule has 0 radical (unpaired) electrons. The molecule has 0 aromatic rings. The maximum Gasteiger partial charge on any atom is 0.0615 e. The molecule has 0 spiro atoms. The minimum absolute atomic E-state index is 0.616. The third-order valence-electron chi connectivity index (χ3n) is 1.84.